The molecule has 33 heavy (non-hydrogen) atoms. The number of allylic oxidation sites excluding steroid dienone is 2. The fourth-order valence-electron chi connectivity index (χ4n) is 3.79. The summed E-state index contributed by atoms with van der Waals surface area (Å²) in [6.07, 6.45) is 9.19. The van der Waals surface area contributed by atoms with Crippen LogP contribution in [0.15, 0.2) is 30.7 Å². The Morgan fingerprint density at radius 2 is 1.88 bits per heavy atom. The molecule has 3 heterocycles. The number of piperazine rings is 1. The van der Waals surface area contributed by atoms with E-state index in [1.165, 1.54) is 12.8 Å². The Hall–Kier alpha value is -2.83. The number of rotatable bonds is 7. The minimum absolute atomic E-state index is 0.123. The number of aromatic amines is 1. The zero-order valence-electron chi connectivity index (χ0n) is 20.9. The molecule has 0 spiro atoms. The molecule has 2 aromatic heterocycles. The van der Waals surface area contributed by atoms with Crippen LogP contribution in [0, 0.1) is 5.92 Å². The molecule has 7 heteroatoms. The fourth-order valence-corrected chi connectivity index (χ4v) is 3.79. The number of H-pyrrole nitrogens is 1. The second-order valence-corrected chi connectivity index (χ2v) is 9.68. The normalized spacial score (nSPS) is 16.6. The van der Waals surface area contributed by atoms with Crippen molar-refractivity contribution in [3.05, 3.63) is 42.0 Å². The van der Waals surface area contributed by atoms with Crippen molar-refractivity contribution in [3.8, 4) is 0 Å². The molecule has 1 saturated heterocycles. The van der Waals surface area contributed by atoms with E-state index < -0.39 is 0 Å². The maximum atomic E-state index is 12.7. The van der Waals surface area contributed by atoms with Crippen molar-refractivity contribution in [3.63, 3.8) is 0 Å². The third-order valence-corrected chi connectivity index (χ3v) is 5.70. The van der Waals surface area contributed by atoms with Gasteiger partial charge in [0.1, 0.15) is 5.52 Å². The number of aromatic nitrogens is 3. The average molecular weight is 453 g/mol. The Kier molecular flexibility index (Phi) is 8.53. The molecule has 0 atom stereocenters. The van der Waals surface area contributed by atoms with Crippen LogP contribution in [0.5, 0.6) is 0 Å². The van der Waals surface area contributed by atoms with Gasteiger partial charge in [-0.1, -0.05) is 40.3 Å². The molecule has 2 aliphatic rings. The summed E-state index contributed by atoms with van der Waals surface area (Å²) in [4.78, 5) is 29.5. The molecule has 0 bridgehead atoms. The Bertz CT molecular complexity index is 977. The predicted octanol–water partition coefficient (Wildman–Crippen LogP) is 4.52. The van der Waals surface area contributed by atoms with E-state index >= 15 is 0 Å². The van der Waals surface area contributed by atoms with Gasteiger partial charge in [-0.3, -0.25) is 4.79 Å². The van der Waals surface area contributed by atoms with Gasteiger partial charge >= 0.3 is 0 Å². The van der Waals surface area contributed by atoms with Gasteiger partial charge in [0.2, 0.25) is 5.91 Å². The van der Waals surface area contributed by atoms with Gasteiger partial charge in [0, 0.05) is 55.3 Å². The molecule has 2 fully saturated rings. The summed E-state index contributed by atoms with van der Waals surface area (Å²) < 4.78 is 0. The molecule has 2 aromatic rings. The highest BCUT2D eigenvalue weighted by molar-refractivity contribution is 5.88. The second kappa shape index (κ2) is 11.3. The van der Waals surface area contributed by atoms with Crippen molar-refractivity contribution in [2.24, 2.45) is 5.92 Å². The van der Waals surface area contributed by atoms with Gasteiger partial charge in [-0.2, -0.15) is 0 Å². The number of fused-ring (bicyclic) bond motifs is 1. The lowest BCUT2D eigenvalue weighted by Crippen LogP contribution is -2.49. The number of hydrogen-bond donors (Lipinski definition) is 2. The first kappa shape index (κ1) is 24.8. The summed E-state index contributed by atoms with van der Waals surface area (Å²) in [5.74, 6) is 1.51. The van der Waals surface area contributed by atoms with Crippen LogP contribution in [0.2, 0.25) is 0 Å². The minimum atomic E-state index is 0.123. The van der Waals surface area contributed by atoms with Gasteiger partial charge in [-0.15, -0.1) is 0 Å². The van der Waals surface area contributed by atoms with E-state index in [1.807, 2.05) is 24.2 Å². The maximum Gasteiger partial charge on any atom is 0.241 e. The molecule has 1 aliphatic heterocycles. The second-order valence-electron chi connectivity index (χ2n) is 9.68. The number of carbonyl (C=O) groups excluding carboxylic acids is 1. The molecule has 180 valence electrons. The van der Waals surface area contributed by atoms with E-state index in [2.05, 4.69) is 60.5 Å². The molecule has 4 rings (SSSR count). The van der Waals surface area contributed by atoms with Crippen LogP contribution < -0.4 is 5.32 Å². The lowest BCUT2D eigenvalue weighted by Gasteiger charge is -2.36. The van der Waals surface area contributed by atoms with E-state index in [-0.39, 0.29) is 12.5 Å². The van der Waals surface area contributed by atoms with Crippen molar-refractivity contribution in [2.75, 3.05) is 32.7 Å². The van der Waals surface area contributed by atoms with Crippen molar-refractivity contribution < 1.29 is 4.79 Å². The number of amides is 1. The highest BCUT2D eigenvalue weighted by Gasteiger charge is 2.26. The van der Waals surface area contributed by atoms with Gasteiger partial charge in [-0.05, 0) is 32.1 Å². The molecule has 0 radical (unpaired) electrons. The maximum absolute atomic E-state index is 12.7. The molecule has 0 unspecified atom stereocenters. The SMILES string of the molecule is C=C(C)N1CCN(C(=O)CN/C(=C/CC)c2c[nH]c3ncc(C4CC4)nc23)CC1.CC(C)C. The van der Waals surface area contributed by atoms with Crippen LogP contribution >= 0.6 is 0 Å². The first-order valence-corrected chi connectivity index (χ1v) is 12.3. The largest absolute Gasteiger partial charge is 0.376 e. The fraction of sp³-hybridized carbons (Fsp3) is 0.577. The van der Waals surface area contributed by atoms with Crippen LogP contribution in [0.1, 0.15) is 71.1 Å². The lowest BCUT2D eigenvalue weighted by molar-refractivity contribution is -0.131. The number of nitrogens with zero attached hydrogens (tertiary/aromatic N) is 4. The molecule has 1 saturated carbocycles. The van der Waals surface area contributed by atoms with E-state index in [0.29, 0.717) is 5.92 Å². The zero-order chi connectivity index (χ0) is 24.0. The van der Waals surface area contributed by atoms with Crippen molar-refractivity contribution >= 4 is 22.8 Å². The van der Waals surface area contributed by atoms with Crippen LogP contribution in [0.25, 0.3) is 16.9 Å². The summed E-state index contributed by atoms with van der Waals surface area (Å²) in [7, 11) is 0. The third kappa shape index (κ3) is 6.83. The van der Waals surface area contributed by atoms with E-state index in [1.54, 1.807) is 0 Å². The van der Waals surface area contributed by atoms with Gasteiger partial charge < -0.3 is 20.1 Å². The Morgan fingerprint density at radius 1 is 1.24 bits per heavy atom. The predicted molar refractivity (Wildman–Crippen MR) is 136 cm³/mol. The third-order valence-electron chi connectivity index (χ3n) is 5.70. The van der Waals surface area contributed by atoms with Gasteiger partial charge in [0.15, 0.2) is 5.65 Å². The number of hydrogen-bond acceptors (Lipinski definition) is 5. The highest BCUT2D eigenvalue weighted by atomic mass is 16.2. The Morgan fingerprint density at radius 3 is 2.45 bits per heavy atom. The van der Waals surface area contributed by atoms with Crippen LogP contribution in [-0.2, 0) is 4.79 Å². The lowest BCUT2D eigenvalue weighted by atomic mass is 10.2. The molecule has 0 aromatic carbocycles. The monoisotopic (exact) mass is 452 g/mol. The van der Waals surface area contributed by atoms with Crippen molar-refractivity contribution in [1.82, 2.24) is 30.1 Å². The van der Waals surface area contributed by atoms with Crippen molar-refractivity contribution in [2.45, 2.75) is 59.8 Å². The number of carbonyl (C=O) groups is 1. The smallest absolute Gasteiger partial charge is 0.241 e. The van der Waals surface area contributed by atoms with Gasteiger partial charge in [0.25, 0.3) is 0 Å². The summed E-state index contributed by atoms with van der Waals surface area (Å²) in [6.45, 7) is 18.1. The van der Waals surface area contributed by atoms with E-state index in [9.17, 15) is 4.79 Å². The average Bonchev–Trinajstić information content (AvgIpc) is 3.55. The number of nitrogens with one attached hydrogen (secondary N) is 2. The first-order valence-electron chi connectivity index (χ1n) is 12.3. The summed E-state index contributed by atoms with van der Waals surface area (Å²) in [5, 5.41) is 3.36. The summed E-state index contributed by atoms with van der Waals surface area (Å²) >= 11 is 0. The summed E-state index contributed by atoms with van der Waals surface area (Å²) in [5.41, 5.74) is 5.72. The highest BCUT2D eigenvalue weighted by Crippen LogP contribution is 2.39. The standard InChI is InChI=1S/C22H30N6O.C4H10/c1-4-5-18(23-14-20(29)28-10-8-27(9-11-28)15(2)3)17-12-24-22-21(17)26-19(13-25-22)16-6-7-16;1-4(2)3/h5,12-13,16,23H,2,4,6-11,14H2,1,3H3,(H,24,25);4H,1-3H3/b18-5+;. The molecular formula is C26H40N6O. The van der Waals surface area contributed by atoms with Crippen LogP contribution in [0.3, 0.4) is 0 Å². The molecule has 1 aliphatic carbocycles. The Labute approximate surface area is 198 Å². The van der Waals surface area contributed by atoms with Crippen molar-refractivity contribution in [1.29, 1.82) is 0 Å². The van der Waals surface area contributed by atoms with Crippen LogP contribution in [-0.4, -0.2) is 63.4 Å². The molecular weight excluding hydrogens is 412 g/mol. The van der Waals surface area contributed by atoms with Gasteiger partial charge in [-0.25, -0.2) is 9.97 Å². The molecule has 1 amide bonds. The minimum Gasteiger partial charge on any atom is -0.376 e. The Balaban J connectivity index is 0.000000709. The molecule has 7 nitrogen and oxygen atoms in total. The van der Waals surface area contributed by atoms with Gasteiger partial charge in [0.05, 0.1) is 18.4 Å². The van der Waals surface area contributed by atoms with E-state index in [4.69, 9.17) is 4.98 Å². The quantitative estimate of drug-likeness (QED) is 0.646. The first-order chi connectivity index (χ1) is 15.8. The molecule has 2 N–H and O–H groups in total. The zero-order valence-corrected chi connectivity index (χ0v) is 20.9. The topological polar surface area (TPSA) is 77.1 Å². The van der Waals surface area contributed by atoms with Crippen LogP contribution in [0.4, 0.5) is 0 Å². The van der Waals surface area contributed by atoms with E-state index in [0.717, 1.165) is 72.3 Å². The summed E-state index contributed by atoms with van der Waals surface area (Å²) in [6, 6.07) is 0.